The Morgan fingerprint density at radius 1 is 1.47 bits per heavy atom. The molecule has 1 aliphatic heterocycles. The second kappa shape index (κ2) is 4.94. The molecule has 0 atom stereocenters. The number of hydrogen-bond donors (Lipinski definition) is 1. The van der Waals surface area contributed by atoms with Crippen molar-refractivity contribution in [3.63, 3.8) is 0 Å². The monoisotopic (exact) mass is 225 g/mol. The third kappa shape index (κ3) is 2.69. The summed E-state index contributed by atoms with van der Waals surface area (Å²) in [6, 6.07) is 0. The molecule has 1 N–H and O–H groups in total. The van der Waals surface area contributed by atoms with Crippen molar-refractivity contribution in [3.05, 3.63) is 17.2 Å². The molecule has 0 unspecified atom stereocenters. The van der Waals surface area contributed by atoms with Crippen LogP contribution in [0.3, 0.4) is 0 Å². The summed E-state index contributed by atoms with van der Waals surface area (Å²) in [7, 11) is 0. The lowest BCUT2D eigenvalue weighted by atomic mass is 9.97. The minimum absolute atomic E-state index is 0.801. The molecule has 0 aromatic carbocycles. The van der Waals surface area contributed by atoms with Crippen LogP contribution in [0.1, 0.15) is 19.8 Å². The lowest BCUT2D eigenvalue weighted by Crippen LogP contribution is -2.34. The van der Waals surface area contributed by atoms with Gasteiger partial charge >= 0.3 is 0 Å². The molecule has 2 rings (SSSR count). The molecule has 0 aliphatic carbocycles. The highest BCUT2D eigenvalue weighted by atomic mass is 32.1. The summed E-state index contributed by atoms with van der Waals surface area (Å²) in [5.74, 6) is 0.801. The fraction of sp³-hybridized carbons (Fsp3) is 0.727. The van der Waals surface area contributed by atoms with Crippen LogP contribution in [0.4, 0.5) is 0 Å². The minimum Gasteiger partial charge on any atom is -0.337 e. The number of hydrogen-bond acceptors (Lipinski definition) is 2. The first-order chi connectivity index (χ1) is 7.29. The predicted octanol–water partition coefficient (Wildman–Crippen LogP) is 2.28. The zero-order valence-electron chi connectivity index (χ0n) is 9.28. The van der Waals surface area contributed by atoms with Crippen LogP contribution in [0.15, 0.2) is 12.4 Å². The normalized spacial score (nSPS) is 19.5. The first kappa shape index (κ1) is 10.9. The quantitative estimate of drug-likeness (QED) is 0.798. The zero-order valence-corrected chi connectivity index (χ0v) is 10.1. The fourth-order valence-corrected chi connectivity index (χ4v) is 2.46. The lowest BCUT2D eigenvalue weighted by molar-refractivity contribution is 0.181. The maximum atomic E-state index is 5.20. The molecule has 1 aromatic heterocycles. The summed E-state index contributed by atoms with van der Waals surface area (Å²) >= 11 is 5.20. The minimum atomic E-state index is 0.801. The van der Waals surface area contributed by atoms with Gasteiger partial charge in [0, 0.05) is 18.9 Å². The van der Waals surface area contributed by atoms with E-state index in [0.717, 1.165) is 17.2 Å². The van der Waals surface area contributed by atoms with Crippen LogP contribution in [0.2, 0.25) is 0 Å². The summed E-state index contributed by atoms with van der Waals surface area (Å²) in [5.41, 5.74) is 0. The molecular formula is C11H19N3S. The number of nitrogens with one attached hydrogen (secondary N) is 1. The first-order valence-corrected chi connectivity index (χ1v) is 6.16. The highest BCUT2D eigenvalue weighted by Gasteiger charge is 2.18. The van der Waals surface area contributed by atoms with Crippen molar-refractivity contribution in [1.82, 2.24) is 14.5 Å². The molecular weight excluding hydrogens is 206 g/mol. The SMILES string of the molecule is CCN1CCC(Cn2cc[nH]c2=S)CC1. The van der Waals surface area contributed by atoms with Gasteiger partial charge in [-0.05, 0) is 50.6 Å². The molecule has 84 valence electrons. The third-order valence-corrected chi connectivity index (χ3v) is 3.68. The Balaban J connectivity index is 1.87. The van der Waals surface area contributed by atoms with E-state index < -0.39 is 0 Å². The molecule has 3 nitrogen and oxygen atoms in total. The number of nitrogens with zero attached hydrogens (tertiary/aromatic N) is 2. The van der Waals surface area contributed by atoms with Crippen molar-refractivity contribution < 1.29 is 0 Å². The van der Waals surface area contributed by atoms with Crippen molar-refractivity contribution in [1.29, 1.82) is 0 Å². The van der Waals surface area contributed by atoms with Gasteiger partial charge in [0.25, 0.3) is 0 Å². The second-order valence-electron chi connectivity index (χ2n) is 4.30. The van der Waals surface area contributed by atoms with Crippen molar-refractivity contribution in [2.45, 2.75) is 26.3 Å². The number of H-pyrrole nitrogens is 1. The van der Waals surface area contributed by atoms with Gasteiger partial charge in [0.05, 0.1) is 0 Å². The molecule has 1 aliphatic rings. The maximum absolute atomic E-state index is 5.20. The van der Waals surface area contributed by atoms with E-state index in [0.29, 0.717) is 0 Å². The average molecular weight is 225 g/mol. The molecule has 1 aromatic rings. The van der Waals surface area contributed by atoms with E-state index >= 15 is 0 Å². The number of aromatic amines is 1. The molecule has 0 saturated carbocycles. The van der Waals surface area contributed by atoms with Crippen molar-refractivity contribution in [2.24, 2.45) is 5.92 Å². The number of likely N-dealkylation sites (tertiary alicyclic amines) is 1. The van der Waals surface area contributed by atoms with Gasteiger partial charge in [-0.2, -0.15) is 0 Å². The number of imidazole rings is 1. The van der Waals surface area contributed by atoms with Gasteiger partial charge in [-0.1, -0.05) is 6.92 Å². The maximum Gasteiger partial charge on any atom is 0.177 e. The van der Waals surface area contributed by atoms with Gasteiger partial charge in [-0.3, -0.25) is 0 Å². The standard InChI is InChI=1S/C11H19N3S/c1-2-13-6-3-10(4-7-13)9-14-8-5-12-11(14)15/h5,8,10H,2-4,6-7,9H2,1H3,(H,12,15). The molecule has 0 radical (unpaired) electrons. The van der Waals surface area contributed by atoms with E-state index in [2.05, 4.69) is 27.6 Å². The van der Waals surface area contributed by atoms with Gasteiger partial charge in [0.2, 0.25) is 0 Å². The van der Waals surface area contributed by atoms with Crippen molar-refractivity contribution >= 4 is 12.2 Å². The summed E-state index contributed by atoms with van der Waals surface area (Å²) < 4.78 is 3.01. The van der Waals surface area contributed by atoms with Crippen LogP contribution < -0.4 is 0 Å². The fourth-order valence-electron chi connectivity index (χ4n) is 2.26. The number of rotatable bonds is 3. The van der Waals surface area contributed by atoms with Gasteiger partial charge < -0.3 is 14.5 Å². The Bertz CT molecular complexity index is 347. The highest BCUT2D eigenvalue weighted by Crippen LogP contribution is 2.18. The Labute approximate surface area is 96.1 Å². The average Bonchev–Trinajstić information content (AvgIpc) is 2.66. The van der Waals surface area contributed by atoms with E-state index in [1.807, 2.05) is 6.20 Å². The third-order valence-electron chi connectivity index (χ3n) is 3.33. The summed E-state index contributed by atoms with van der Waals surface area (Å²) in [6.07, 6.45) is 6.58. The largest absolute Gasteiger partial charge is 0.337 e. The van der Waals surface area contributed by atoms with Crippen LogP contribution in [0.25, 0.3) is 0 Å². The van der Waals surface area contributed by atoms with Crippen LogP contribution in [-0.4, -0.2) is 34.1 Å². The molecule has 4 heteroatoms. The van der Waals surface area contributed by atoms with Crippen LogP contribution in [-0.2, 0) is 6.54 Å². The van der Waals surface area contributed by atoms with Gasteiger partial charge in [-0.15, -0.1) is 0 Å². The van der Waals surface area contributed by atoms with Gasteiger partial charge in [-0.25, -0.2) is 0 Å². The van der Waals surface area contributed by atoms with Gasteiger partial charge in [0.15, 0.2) is 4.77 Å². The van der Waals surface area contributed by atoms with Crippen molar-refractivity contribution in [3.8, 4) is 0 Å². The smallest absolute Gasteiger partial charge is 0.177 e. The van der Waals surface area contributed by atoms with Crippen LogP contribution in [0.5, 0.6) is 0 Å². The molecule has 0 spiro atoms. The van der Waals surface area contributed by atoms with Crippen LogP contribution in [0, 0.1) is 10.7 Å². The van der Waals surface area contributed by atoms with Crippen LogP contribution >= 0.6 is 12.2 Å². The van der Waals surface area contributed by atoms with E-state index in [-0.39, 0.29) is 0 Å². The summed E-state index contributed by atoms with van der Waals surface area (Å²) in [5, 5.41) is 0. The lowest BCUT2D eigenvalue weighted by Gasteiger charge is -2.31. The van der Waals surface area contributed by atoms with E-state index in [1.165, 1.54) is 32.5 Å². The highest BCUT2D eigenvalue weighted by molar-refractivity contribution is 7.71. The van der Waals surface area contributed by atoms with E-state index in [9.17, 15) is 0 Å². The number of piperidine rings is 1. The zero-order chi connectivity index (χ0) is 10.7. The molecule has 1 fully saturated rings. The van der Waals surface area contributed by atoms with Gasteiger partial charge in [0.1, 0.15) is 0 Å². The Morgan fingerprint density at radius 3 is 2.73 bits per heavy atom. The molecule has 2 heterocycles. The molecule has 0 bridgehead atoms. The molecule has 15 heavy (non-hydrogen) atoms. The molecule has 0 amide bonds. The topological polar surface area (TPSA) is 24.0 Å². The summed E-state index contributed by atoms with van der Waals surface area (Å²) in [4.78, 5) is 5.57. The Morgan fingerprint density at radius 2 is 2.20 bits per heavy atom. The van der Waals surface area contributed by atoms with E-state index in [4.69, 9.17) is 12.2 Å². The van der Waals surface area contributed by atoms with Crippen molar-refractivity contribution in [2.75, 3.05) is 19.6 Å². The predicted molar refractivity (Wildman–Crippen MR) is 64.5 cm³/mol. The first-order valence-electron chi connectivity index (χ1n) is 5.75. The Hall–Kier alpha value is -0.610. The Kier molecular flexibility index (Phi) is 3.59. The number of aromatic nitrogens is 2. The molecule has 1 saturated heterocycles. The van der Waals surface area contributed by atoms with E-state index in [1.54, 1.807) is 0 Å². The summed E-state index contributed by atoms with van der Waals surface area (Å²) in [6.45, 7) is 7.01. The second-order valence-corrected chi connectivity index (χ2v) is 4.68.